The summed E-state index contributed by atoms with van der Waals surface area (Å²) < 4.78 is 5.10. The SMILES string of the molecule is O=C1COCCN1c1ccc(CC[C@@H](O)CCl)cc1. The van der Waals surface area contributed by atoms with Crippen LogP contribution in [0.15, 0.2) is 24.3 Å². The minimum absolute atomic E-state index is 0.00318. The highest BCUT2D eigenvalue weighted by Crippen LogP contribution is 2.18. The highest BCUT2D eigenvalue weighted by atomic mass is 35.5. The van der Waals surface area contributed by atoms with Crippen LogP contribution in [0.3, 0.4) is 0 Å². The quantitative estimate of drug-likeness (QED) is 0.835. The summed E-state index contributed by atoms with van der Waals surface area (Å²) in [7, 11) is 0. The number of aliphatic hydroxyl groups excluding tert-OH is 1. The summed E-state index contributed by atoms with van der Waals surface area (Å²) in [5.74, 6) is 0.261. The number of alkyl halides is 1. The van der Waals surface area contributed by atoms with Gasteiger partial charge in [0.25, 0.3) is 5.91 Å². The molecule has 0 saturated carbocycles. The fourth-order valence-electron chi connectivity index (χ4n) is 2.04. The number of carbonyl (C=O) groups excluding carboxylic acids is 1. The number of benzene rings is 1. The van der Waals surface area contributed by atoms with Crippen LogP contribution < -0.4 is 4.90 Å². The Balaban J connectivity index is 1.95. The Morgan fingerprint density at radius 1 is 1.37 bits per heavy atom. The Morgan fingerprint density at radius 3 is 2.74 bits per heavy atom. The molecule has 1 saturated heterocycles. The smallest absolute Gasteiger partial charge is 0.253 e. The maximum absolute atomic E-state index is 11.7. The molecule has 0 aliphatic carbocycles. The fraction of sp³-hybridized carbons (Fsp3) is 0.500. The summed E-state index contributed by atoms with van der Waals surface area (Å²) in [6, 6.07) is 7.84. The molecule has 0 spiro atoms. The van der Waals surface area contributed by atoms with Crippen molar-refractivity contribution in [2.75, 3.05) is 30.5 Å². The molecule has 0 aromatic heterocycles. The van der Waals surface area contributed by atoms with Crippen LogP contribution in [0.1, 0.15) is 12.0 Å². The number of amides is 1. The molecule has 4 nitrogen and oxygen atoms in total. The number of halogens is 1. The monoisotopic (exact) mass is 283 g/mol. The molecule has 1 aromatic carbocycles. The standard InChI is InChI=1S/C14H18ClNO3/c15-9-13(17)6-3-11-1-4-12(5-2-11)16-7-8-19-10-14(16)18/h1-2,4-5,13,17H,3,6-10H2/t13-/m1/s1. The lowest BCUT2D eigenvalue weighted by Gasteiger charge is -2.26. The lowest BCUT2D eigenvalue weighted by molar-refractivity contribution is -0.125. The molecule has 1 amide bonds. The molecule has 5 heteroatoms. The molecule has 1 atom stereocenters. The van der Waals surface area contributed by atoms with Gasteiger partial charge in [0.1, 0.15) is 6.61 Å². The molecule has 1 fully saturated rings. The van der Waals surface area contributed by atoms with E-state index in [1.54, 1.807) is 4.90 Å². The number of hydrogen-bond donors (Lipinski definition) is 1. The summed E-state index contributed by atoms with van der Waals surface area (Å²) in [4.78, 5) is 13.4. The first kappa shape index (κ1) is 14.3. The van der Waals surface area contributed by atoms with E-state index in [0.29, 0.717) is 19.6 Å². The van der Waals surface area contributed by atoms with Crippen molar-refractivity contribution >= 4 is 23.2 Å². The minimum Gasteiger partial charge on any atom is -0.392 e. The van der Waals surface area contributed by atoms with E-state index in [1.807, 2.05) is 24.3 Å². The number of nitrogens with zero attached hydrogens (tertiary/aromatic N) is 1. The van der Waals surface area contributed by atoms with E-state index in [2.05, 4.69) is 0 Å². The van der Waals surface area contributed by atoms with Gasteiger partial charge in [-0.3, -0.25) is 4.79 Å². The topological polar surface area (TPSA) is 49.8 Å². The van der Waals surface area contributed by atoms with Gasteiger partial charge in [-0.1, -0.05) is 12.1 Å². The molecular weight excluding hydrogens is 266 g/mol. The highest BCUT2D eigenvalue weighted by molar-refractivity contribution is 6.18. The first-order valence-corrected chi connectivity index (χ1v) is 6.95. The molecule has 1 aliphatic heterocycles. The third kappa shape index (κ3) is 3.93. The highest BCUT2D eigenvalue weighted by Gasteiger charge is 2.19. The fourth-order valence-corrected chi connectivity index (χ4v) is 2.20. The molecule has 1 heterocycles. The van der Waals surface area contributed by atoms with Crippen molar-refractivity contribution in [3.63, 3.8) is 0 Å². The van der Waals surface area contributed by atoms with Crippen LogP contribution in [0, 0.1) is 0 Å². The van der Waals surface area contributed by atoms with Gasteiger partial charge in [-0.05, 0) is 30.5 Å². The van der Waals surface area contributed by atoms with Gasteiger partial charge in [-0.2, -0.15) is 0 Å². The number of anilines is 1. The van der Waals surface area contributed by atoms with E-state index in [0.717, 1.165) is 17.7 Å². The van der Waals surface area contributed by atoms with Gasteiger partial charge in [0.15, 0.2) is 0 Å². The average Bonchev–Trinajstić information content (AvgIpc) is 2.46. The second kappa shape index (κ2) is 6.89. The molecule has 1 N–H and O–H groups in total. The van der Waals surface area contributed by atoms with Gasteiger partial charge in [0.05, 0.1) is 12.7 Å². The average molecular weight is 284 g/mol. The van der Waals surface area contributed by atoms with Crippen LogP contribution in [0.25, 0.3) is 0 Å². The van der Waals surface area contributed by atoms with Crippen LogP contribution in [0.2, 0.25) is 0 Å². The van der Waals surface area contributed by atoms with Crippen LogP contribution in [0.5, 0.6) is 0 Å². The van der Waals surface area contributed by atoms with Gasteiger partial charge in [0.2, 0.25) is 0 Å². The maximum atomic E-state index is 11.7. The zero-order chi connectivity index (χ0) is 13.7. The number of hydrogen-bond acceptors (Lipinski definition) is 3. The van der Waals surface area contributed by atoms with Crippen molar-refractivity contribution in [2.45, 2.75) is 18.9 Å². The van der Waals surface area contributed by atoms with Crippen molar-refractivity contribution < 1.29 is 14.6 Å². The third-order valence-corrected chi connectivity index (χ3v) is 3.53. The number of aliphatic hydroxyl groups is 1. The Morgan fingerprint density at radius 2 is 2.11 bits per heavy atom. The van der Waals surface area contributed by atoms with E-state index < -0.39 is 6.10 Å². The normalized spacial score (nSPS) is 17.6. The van der Waals surface area contributed by atoms with Gasteiger partial charge in [-0.15, -0.1) is 11.6 Å². The number of rotatable bonds is 5. The Hall–Kier alpha value is -1.10. The van der Waals surface area contributed by atoms with Crippen LogP contribution in [-0.4, -0.2) is 42.8 Å². The van der Waals surface area contributed by atoms with Crippen molar-refractivity contribution in [2.24, 2.45) is 0 Å². The zero-order valence-electron chi connectivity index (χ0n) is 10.7. The molecule has 1 aromatic rings. The summed E-state index contributed by atoms with van der Waals surface area (Å²) in [6.07, 6.45) is 0.979. The second-order valence-electron chi connectivity index (χ2n) is 4.61. The number of morpholine rings is 1. The summed E-state index contributed by atoms with van der Waals surface area (Å²) in [6.45, 7) is 1.34. The Labute approximate surface area is 117 Å². The molecule has 0 radical (unpaired) electrons. The van der Waals surface area contributed by atoms with Gasteiger partial charge < -0.3 is 14.7 Å². The number of aryl methyl sites for hydroxylation is 1. The van der Waals surface area contributed by atoms with Gasteiger partial charge >= 0.3 is 0 Å². The minimum atomic E-state index is -0.456. The lowest BCUT2D eigenvalue weighted by atomic mass is 10.1. The van der Waals surface area contributed by atoms with E-state index in [9.17, 15) is 9.90 Å². The Bertz CT molecular complexity index is 421. The second-order valence-corrected chi connectivity index (χ2v) is 4.92. The number of carbonyl (C=O) groups is 1. The van der Waals surface area contributed by atoms with E-state index in [4.69, 9.17) is 16.3 Å². The molecular formula is C14H18ClNO3. The summed E-state index contributed by atoms with van der Waals surface area (Å²) in [5, 5.41) is 9.41. The molecule has 0 unspecified atom stereocenters. The molecule has 2 rings (SSSR count). The molecule has 104 valence electrons. The van der Waals surface area contributed by atoms with Crippen LogP contribution >= 0.6 is 11.6 Å². The van der Waals surface area contributed by atoms with E-state index in [1.165, 1.54) is 0 Å². The lowest BCUT2D eigenvalue weighted by Crippen LogP contribution is -2.41. The third-order valence-electron chi connectivity index (χ3n) is 3.18. The van der Waals surface area contributed by atoms with Crippen LogP contribution in [-0.2, 0) is 16.0 Å². The van der Waals surface area contributed by atoms with Crippen molar-refractivity contribution in [3.05, 3.63) is 29.8 Å². The van der Waals surface area contributed by atoms with Gasteiger partial charge in [-0.25, -0.2) is 0 Å². The first-order valence-electron chi connectivity index (χ1n) is 6.42. The molecule has 0 bridgehead atoms. The van der Waals surface area contributed by atoms with Crippen LogP contribution in [0.4, 0.5) is 5.69 Å². The van der Waals surface area contributed by atoms with Crippen molar-refractivity contribution in [1.29, 1.82) is 0 Å². The van der Waals surface area contributed by atoms with Crippen molar-refractivity contribution in [3.8, 4) is 0 Å². The van der Waals surface area contributed by atoms with Gasteiger partial charge in [0, 0.05) is 18.1 Å². The summed E-state index contributed by atoms with van der Waals surface area (Å²) >= 11 is 5.56. The predicted molar refractivity (Wildman–Crippen MR) is 74.7 cm³/mol. The number of ether oxygens (including phenoxy) is 1. The zero-order valence-corrected chi connectivity index (χ0v) is 11.5. The first-order chi connectivity index (χ1) is 9.20. The Kier molecular flexibility index (Phi) is 5.19. The predicted octanol–water partition coefficient (Wildman–Crippen LogP) is 1.58. The maximum Gasteiger partial charge on any atom is 0.253 e. The van der Waals surface area contributed by atoms with E-state index in [-0.39, 0.29) is 18.4 Å². The van der Waals surface area contributed by atoms with Crippen molar-refractivity contribution in [1.82, 2.24) is 0 Å². The summed E-state index contributed by atoms with van der Waals surface area (Å²) in [5.41, 5.74) is 2.03. The largest absolute Gasteiger partial charge is 0.392 e. The molecule has 1 aliphatic rings. The molecule has 19 heavy (non-hydrogen) atoms. The van der Waals surface area contributed by atoms with E-state index >= 15 is 0 Å².